The molecule has 2 aromatic rings. The van der Waals surface area contributed by atoms with Gasteiger partial charge < -0.3 is 14.5 Å². The topological polar surface area (TPSA) is 70.2 Å². The first kappa shape index (κ1) is 21.0. The molecule has 0 aromatic heterocycles. The lowest BCUT2D eigenvalue weighted by Gasteiger charge is -2.36. The first-order valence-corrected chi connectivity index (χ1v) is 11.2. The van der Waals surface area contributed by atoms with Gasteiger partial charge in [-0.3, -0.25) is 9.10 Å². The molecule has 0 atom stereocenters. The summed E-state index contributed by atoms with van der Waals surface area (Å²) in [6.45, 7) is 4.28. The number of hydrogen-bond donors (Lipinski definition) is 0. The summed E-state index contributed by atoms with van der Waals surface area (Å²) in [5, 5.41) is 0. The molecule has 7 nitrogen and oxygen atoms in total. The largest absolute Gasteiger partial charge is 0.495 e. The molecule has 3 rings (SSSR count). The van der Waals surface area contributed by atoms with Gasteiger partial charge in [-0.2, -0.15) is 0 Å². The van der Waals surface area contributed by atoms with Crippen LogP contribution in [0.4, 0.5) is 11.4 Å². The first-order valence-electron chi connectivity index (χ1n) is 9.61. The maximum absolute atomic E-state index is 12.9. The van der Waals surface area contributed by atoms with Gasteiger partial charge in [0, 0.05) is 38.8 Å². The Morgan fingerprint density at radius 2 is 1.66 bits per heavy atom. The van der Waals surface area contributed by atoms with Crippen molar-refractivity contribution in [3.63, 3.8) is 0 Å². The van der Waals surface area contributed by atoms with Gasteiger partial charge in [0.2, 0.25) is 10.0 Å². The number of para-hydroxylation sites is 2. The van der Waals surface area contributed by atoms with E-state index >= 15 is 0 Å². The van der Waals surface area contributed by atoms with Crippen LogP contribution >= 0.6 is 0 Å². The number of carbonyl (C=O) groups excluding carboxylic acids is 1. The smallest absolute Gasteiger partial charge is 0.253 e. The van der Waals surface area contributed by atoms with Crippen LogP contribution in [0.2, 0.25) is 0 Å². The van der Waals surface area contributed by atoms with Crippen LogP contribution in [-0.4, -0.2) is 65.3 Å². The van der Waals surface area contributed by atoms with Crippen LogP contribution in [0.25, 0.3) is 0 Å². The van der Waals surface area contributed by atoms with Crippen molar-refractivity contribution in [3.05, 3.63) is 54.1 Å². The van der Waals surface area contributed by atoms with E-state index < -0.39 is 10.0 Å². The summed E-state index contributed by atoms with van der Waals surface area (Å²) in [7, 11) is -0.142. The van der Waals surface area contributed by atoms with Gasteiger partial charge in [-0.15, -0.1) is 0 Å². The van der Waals surface area contributed by atoms with E-state index in [9.17, 15) is 13.2 Å². The molecule has 1 saturated heterocycles. The molecule has 0 bridgehead atoms. The Labute approximate surface area is 172 Å². The van der Waals surface area contributed by atoms with Gasteiger partial charge in [0.25, 0.3) is 5.91 Å². The zero-order valence-electron chi connectivity index (χ0n) is 17.0. The standard InChI is InChI=1S/C21H27N3O4S/c1-4-29(26,27)22(2)18-11-9-17(10-12-18)21(25)24-15-13-23(14-16-24)19-7-5-6-8-20(19)28-3/h5-12H,4,13-16H2,1-3H3. The highest BCUT2D eigenvalue weighted by atomic mass is 32.2. The van der Waals surface area contributed by atoms with Crippen molar-refractivity contribution >= 4 is 27.3 Å². The molecule has 1 aliphatic rings. The summed E-state index contributed by atoms with van der Waals surface area (Å²) in [5.41, 5.74) is 2.14. The normalized spacial score (nSPS) is 14.6. The zero-order chi connectivity index (χ0) is 21.0. The lowest BCUT2D eigenvalue weighted by Crippen LogP contribution is -2.48. The summed E-state index contributed by atoms with van der Waals surface area (Å²) in [6, 6.07) is 14.6. The number of nitrogens with zero attached hydrogens (tertiary/aromatic N) is 3. The van der Waals surface area contributed by atoms with Gasteiger partial charge >= 0.3 is 0 Å². The molecule has 0 saturated carbocycles. The SMILES string of the molecule is CCS(=O)(=O)N(C)c1ccc(C(=O)N2CCN(c3ccccc3OC)CC2)cc1. The molecular formula is C21H27N3O4S. The van der Waals surface area contributed by atoms with Crippen molar-refractivity contribution in [2.24, 2.45) is 0 Å². The average Bonchev–Trinajstić information content (AvgIpc) is 2.78. The second kappa shape index (κ2) is 8.73. The molecule has 8 heteroatoms. The third kappa shape index (κ3) is 4.48. The van der Waals surface area contributed by atoms with Gasteiger partial charge in [-0.05, 0) is 43.3 Å². The monoisotopic (exact) mass is 417 g/mol. The van der Waals surface area contributed by atoms with Crippen molar-refractivity contribution in [1.29, 1.82) is 0 Å². The lowest BCUT2D eigenvalue weighted by molar-refractivity contribution is 0.0746. The molecule has 29 heavy (non-hydrogen) atoms. The van der Waals surface area contributed by atoms with E-state index in [1.165, 1.54) is 11.4 Å². The highest BCUT2D eigenvalue weighted by Crippen LogP contribution is 2.28. The second-order valence-corrected chi connectivity index (χ2v) is 9.15. The fourth-order valence-corrected chi connectivity index (χ4v) is 4.22. The molecule has 1 amide bonds. The molecule has 0 N–H and O–H groups in total. The van der Waals surface area contributed by atoms with E-state index in [0.717, 1.165) is 24.5 Å². The molecule has 0 unspecified atom stereocenters. The van der Waals surface area contributed by atoms with Crippen molar-refractivity contribution in [2.75, 3.05) is 55.3 Å². The second-order valence-electron chi connectivity index (χ2n) is 6.87. The van der Waals surface area contributed by atoms with E-state index in [-0.39, 0.29) is 11.7 Å². The molecule has 1 aliphatic heterocycles. The number of methoxy groups -OCH3 is 1. The van der Waals surface area contributed by atoms with Crippen LogP contribution in [0.5, 0.6) is 5.75 Å². The maximum atomic E-state index is 12.9. The summed E-state index contributed by atoms with van der Waals surface area (Å²) >= 11 is 0. The summed E-state index contributed by atoms with van der Waals surface area (Å²) in [5.74, 6) is 0.812. The Balaban J connectivity index is 1.65. The molecule has 1 heterocycles. The maximum Gasteiger partial charge on any atom is 0.253 e. The number of ether oxygens (including phenoxy) is 1. The highest BCUT2D eigenvalue weighted by Gasteiger charge is 2.24. The quantitative estimate of drug-likeness (QED) is 0.722. The van der Waals surface area contributed by atoms with Crippen LogP contribution in [0.1, 0.15) is 17.3 Å². The van der Waals surface area contributed by atoms with Crippen LogP contribution in [0, 0.1) is 0 Å². The molecular weight excluding hydrogens is 390 g/mol. The minimum Gasteiger partial charge on any atom is -0.495 e. The number of amides is 1. The number of hydrogen-bond acceptors (Lipinski definition) is 5. The number of carbonyl (C=O) groups is 1. The highest BCUT2D eigenvalue weighted by molar-refractivity contribution is 7.92. The molecule has 2 aromatic carbocycles. The van der Waals surface area contributed by atoms with Crippen molar-refractivity contribution < 1.29 is 17.9 Å². The minimum absolute atomic E-state index is 0.0284. The number of sulfonamides is 1. The van der Waals surface area contributed by atoms with Gasteiger partial charge in [0.1, 0.15) is 5.75 Å². The molecule has 1 fully saturated rings. The predicted octanol–water partition coefficient (Wildman–Crippen LogP) is 2.44. The molecule has 0 radical (unpaired) electrons. The fourth-order valence-electron chi connectivity index (χ4n) is 3.39. The number of benzene rings is 2. The Bertz CT molecular complexity index is 952. The minimum atomic E-state index is -3.32. The van der Waals surface area contributed by atoms with Crippen molar-refractivity contribution in [1.82, 2.24) is 4.90 Å². The zero-order valence-corrected chi connectivity index (χ0v) is 17.9. The van der Waals surface area contributed by atoms with Gasteiger partial charge in [-0.25, -0.2) is 8.42 Å². The fraction of sp³-hybridized carbons (Fsp3) is 0.381. The third-order valence-electron chi connectivity index (χ3n) is 5.25. The van der Waals surface area contributed by atoms with E-state index in [1.54, 1.807) is 38.3 Å². The Morgan fingerprint density at radius 3 is 2.24 bits per heavy atom. The van der Waals surface area contributed by atoms with E-state index in [0.29, 0.717) is 24.3 Å². The third-order valence-corrected chi connectivity index (χ3v) is 7.03. The number of anilines is 2. The van der Waals surface area contributed by atoms with Crippen molar-refractivity contribution in [3.8, 4) is 5.75 Å². The summed E-state index contributed by atoms with van der Waals surface area (Å²) < 4.78 is 30.7. The predicted molar refractivity (Wildman–Crippen MR) is 115 cm³/mol. The van der Waals surface area contributed by atoms with Crippen LogP contribution in [0.3, 0.4) is 0 Å². The van der Waals surface area contributed by atoms with Gasteiger partial charge in [0.05, 0.1) is 24.2 Å². The Morgan fingerprint density at radius 1 is 1.03 bits per heavy atom. The number of piperazine rings is 1. The summed E-state index contributed by atoms with van der Waals surface area (Å²) in [6.07, 6.45) is 0. The first-order chi connectivity index (χ1) is 13.9. The lowest BCUT2D eigenvalue weighted by atomic mass is 10.1. The molecule has 0 aliphatic carbocycles. The van der Waals surface area contributed by atoms with Crippen LogP contribution < -0.4 is 13.9 Å². The average molecular weight is 418 g/mol. The summed E-state index contributed by atoms with van der Waals surface area (Å²) in [4.78, 5) is 16.9. The molecule has 0 spiro atoms. The van der Waals surface area contributed by atoms with E-state index in [1.807, 2.05) is 29.2 Å². The molecule has 156 valence electrons. The van der Waals surface area contributed by atoms with Crippen molar-refractivity contribution in [2.45, 2.75) is 6.92 Å². The number of rotatable bonds is 6. The van der Waals surface area contributed by atoms with Crippen LogP contribution in [-0.2, 0) is 10.0 Å². The van der Waals surface area contributed by atoms with Gasteiger partial charge in [0.15, 0.2) is 0 Å². The Kier molecular flexibility index (Phi) is 6.32. The van der Waals surface area contributed by atoms with Gasteiger partial charge in [-0.1, -0.05) is 12.1 Å². The van der Waals surface area contributed by atoms with E-state index in [4.69, 9.17) is 4.74 Å². The van der Waals surface area contributed by atoms with Crippen LogP contribution in [0.15, 0.2) is 48.5 Å². The van der Waals surface area contributed by atoms with E-state index in [2.05, 4.69) is 4.90 Å². The Hall–Kier alpha value is -2.74.